The van der Waals surface area contributed by atoms with Gasteiger partial charge in [-0.2, -0.15) is 4.98 Å². The number of benzene rings is 1. The van der Waals surface area contributed by atoms with E-state index in [-0.39, 0.29) is 27.1 Å². The van der Waals surface area contributed by atoms with Crippen LogP contribution in [0, 0.1) is 5.82 Å². The molecule has 2 rings (SSSR count). The summed E-state index contributed by atoms with van der Waals surface area (Å²) in [7, 11) is 0. The molecule has 0 aliphatic carbocycles. The molecule has 0 radical (unpaired) electrons. The Morgan fingerprint density at radius 2 is 2.18 bits per heavy atom. The fourth-order valence-electron chi connectivity index (χ4n) is 1.09. The number of ether oxygens (including phenoxy) is 1. The van der Waals surface area contributed by atoms with Crippen molar-refractivity contribution < 1.29 is 9.13 Å². The minimum absolute atomic E-state index is 0.0468. The van der Waals surface area contributed by atoms with Crippen LogP contribution in [-0.4, -0.2) is 9.97 Å². The summed E-state index contributed by atoms with van der Waals surface area (Å²) >= 11 is 8.87. The highest BCUT2D eigenvalue weighted by Gasteiger charge is 2.08. The zero-order chi connectivity index (χ0) is 12.4. The van der Waals surface area contributed by atoms with Crippen LogP contribution in [0.5, 0.6) is 11.6 Å². The highest BCUT2D eigenvalue weighted by molar-refractivity contribution is 9.10. The van der Waals surface area contributed by atoms with Gasteiger partial charge in [-0.3, -0.25) is 0 Å². The summed E-state index contributed by atoms with van der Waals surface area (Å²) in [5.74, 6) is 0.173. The smallest absolute Gasteiger partial charge is 0.243 e. The molecule has 4 nitrogen and oxygen atoms in total. The molecule has 0 unspecified atom stereocenters. The maximum absolute atomic E-state index is 13.0. The second-order valence-corrected chi connectivity index (χ2v) is 4.32. The number of hydrogen-bond acceptors (Lipinski definition) is 4. The van der Waals surface area contributed by atoms with E-state index in [2.05, 4.69) is 25.9 Å². The Kier molecular flexibility index (Phi) is 3.44. The third kappa shape index (κ3) is 2.83. The quantitative estimate of drug-likeness (QED) is 0.922. The molecule has 0 aliphatic heterocycles. The van der Waals surface area contributed by atoms with E-state index in [4.69, 9.17) is 22.1 Å². The third-order valence-corrected chi connectivity index (χ3v) is 2.70. The Bertz CT molecular complexity index is 567. The Labute approximate surface area is 110 Å². The van der Waals surface area contributed by atoms with E-state index in [1.807, 2.05) is 0 Å². The molecule has 0 amide bonds. The maximum Gasteiger partial charge on any atom is 0.243 e. The van der Waals surface area contributed by atoms with Crippen molar-refractivity contribution in [1.82, 2.24) is 9.97 Å². The van der Waals surface area contributed by atoms with Gasteiger partial charge in [0.15, 0.2) is 0 Å². The Morgan fingerprint density at radius 1 is 1.41 bits per heavy atom. The lowest BCUT2D eigenvalue weighted by Crippen LogP contribution is -1.97. The summed E-state index contributed by atoms with van der Waals surface area (Å²) in [4.78, 5) is 7.52. The van der Waals surface area contributed by atoms with E-state index >= 15 is 0 Å². The number of rotatable bonds is 2. The topological polar surface area (TPSA) is 61.0 Å². The molecule has 1 aromatic heterocycles. The number of aromatic nitrogens is 2. The number of halogens is 3. The molecule has 0 aliphatic rings. The van der Waals surface area contributed by atoms with Gasteiger partial charge in [-0.1, -0.05) is 11.6 Å². The summed E-state index contributed by atoms with van der Waals surface area (Å²) in [6.07, 6.45) is 1.33. The molecule has 7 heteroatoms. The summed E-state index contributed by atoms with van der Waals surface area (Å²) in [6.45, 7) is 0. The van der Waals surface area contributed by atoms with Crippen molar-refractivity contribution in [3.8, 4) is 11.6 Å². The van der Waals surface area contributed by atoms with Crippen molar-refractivity contribution in [2.75, 3.05) is 5.73 Å². The molecule has 88 valence electrons. The normalized spacial score (nSPS) is 10.3. The molecule has 0 spiro atoms. The average Bonchev–Trinajstić information content (AvgIpc) is 2.29. The largest absolute Gasteiger partial charge is 0.437 e. The Balaban J connectivity index is 2.31. The van der Waals surface area contributed by atoms with Gasteiger partial charge in [-0.25, -0.2) is 9.37 Å². The van der Waals surface area contributed by atoms with Crippen LogP contribution >= 0.6 is 27.5 Å². The number of anilines is 1. The summed E-state index contributed by atoms with van der Waals surface area (Å²) in [6, 6.07) is 4.18. The summed E-state index contributed by atoms with van der Waals surface area (Å²) in [5, 5.41) is 0.222. The predicted octanol–water partition coefficient (Wildman–Crippen LogP) is 3.41. The van der Waals surface area contributed by atoms with Crippen LogP contribution in [0.4, 0.5) is 10.3 Å². The molecule has 1 aromatic carbocycles. The zero-order valence-corrected chi connectivity index (χ0v) is 10.7. The molecule has 0 bridgehead atoms. The third-order valence-electron chi connectivity index (χ3n) is 1.84. The van der Waals surface area contributed by atoms with Crippen molar-refractivity contribution >= 4 is 33.5 Å². The lowest BCUT2D eigenvalue weighted by molar-refractivity contribution is 0.460. The lowest BCUT2D eigenvalue weighted by Gasteiger charge is -2.07. The SMILES string of the molecule is Nc1ncc(Cl)c(Oc2ccc(F)c(Br)c2)n1. The molecule has 0 fully saturated rings. The van der Waals surface area contributed by atoms with Gasteiger partial charge in [0, 0.05) is 0 Å². The van der Waals surface area contributed by atoms with Gasteiger partial charge in [0.2, 0.25) is 11.8 Å². The maximum atomic E-state index is 13.0. The minimum atomic E-state index is -0.384. The van der Waals surface area contributed by atoms with Gasteiger partial charge in [-0.15, -0.1) is 0 Å². The van der Waals surface area contributed by atoms with Crippen molar-refractivity contribution in [2.45, 2.75) is 0 Å². The van der Waals surface area contributed by atoms with Crippen LogP contribution in [0.1, 0.15) is 0 Å². The monoisotopic (exact) mass is 317 g/mol. The first kappa shape index (κ1) is 12.1. The zero-order valence-electron chi connectivity index (χ0n) is 8.32. The summed E-state index contributed by atoms with van der Waals surface area (Å²) in [5.41, 5.74) is 5.41. The van der Waals surface area contributed by atoms with E-state index in [0.29, 0.717) is 5.75 Å². The van der Waals surface area contributed by atoms with Crippen LogP contribution in [-0.2, 0) is 0 Å². The number of hydrogen-bond donors (Lipinski definition) is 1. The lowest BCUT2D eigenvalue weighted by atomic mass is 10.3. The minimum Gasteiger partial charge on any atom is -0.437 e. The molecule has 0 atom stereocenters. The molecule has 1 heterocycles. The Morgan fingerprint density at radius 3 is 2.88 bits per heavy atom. The molecular formula is C10H6BrClFN3O. The van der Waals surface area contributed by atoms with Crippen LogP contribution in [0.15, 0.2) is 28.9 Å². The van der Waals surface area contributed by atoms with Gasteiger partial charge in [0.05, 0.1) is 10.7 Å². The van der Waals surface area contributed by atoms with Gasteiger partial charge in [-0.05, 0) is 34.1 Å². The van der Waals surface area contributed by atoms with Crippen molar-refractivity contribution in [2.24, 2.45) is 0 Å². The highest BCUT2D eigenvalue weighted by atomic mass is 79.9. The standard InChI is InChI=1S/C10H6BrClFN3O/c11-6-3-5(1-2-8(6)13)17-9-7(12)4-15-10(14)16-9/h1-4H,(H2,14,15,16). The second-order valence-electron chi connectivity index (χ2n) is 3.06. The highest BCUT2D eigenvalue weighted by Crippen LogP contribution is 2.29. The fourth-order valence-corrected chi connectivity index (χ4v) is 1.58. The number of nitrogens with zero attached hydrogens (tertiary/aromatic N) is 2. The first-order valence-corrected chi connectivity index (χ1v) is 5.64. The van der Waals surface area contributed by atoms with Gasteiger partial charge in [0.1, 0.15) is 16.6 Å². The fraction of sp³-hybridized carbons (Fsp3) is 0. The molecule has 0 saturated heterocycles. The Hall–Kier alpha value is -1.40. The number of nitrogens with two attached hydrogens (primary N) is 1. The number of nitrogen functional groups attached to an aromatic ring is 1. The van der Waals surface area contributed by atoms with Crippen molar-refractivity contribution in [3.63, 3.8) is 0 Å². The van der Waals surface area contributed by atoms with Gasteiger partial charge < -0.3 is 10.5 Å². The second kappa shape index (κ2) is 4.85. The molecule has 2 N–H and O–H groups in total. The summed E-state index contributed by atoms with van der Waals surface area (Å²) < 4.78 is 18.7. The van der Waals surface area contributed by atoms with E-state index < -0.39 is 0 Å². The van der Waals surface area contributed by atoms with E-state index in [9.17, 15) is 4.39 Å². The predicted molar refractivity (Wildman–Crippen MR) is 65.6 cm³/mol. The van der Waals surface area contributed by atoms with Crippen molar-refractivity contribution in [3.05, 3.63) is 39.7 Å². The van der Waals surface area contributed by atoms with Crippen LogP contribution < -0.4 is 10.5 Å². The molecule has 0 saturated carbocycles. The van der Waals surface area contributed by atoms with Crippen LogP contribution in [0.25, 0.3) is 0 Å². The van der Waals surface area contributed by atoms with Crippen LogP contribution in [0.3, 0.4) is 0 Å². The van der Waals surface area contributed by atoms with Gasteiger partial charge in [0.25, 0.3) is 0 Å². The van der Waals surface area contributed by atoms with Crippen molar-refractivity contribution in [1.29, 1.82) is 0 Å². The average molecular weight is 319 g/mol. The molecular weight excluding hydrogens is 312 g/mol. The molecule has 2 aromatic rings. The first-order chi connectivity index (χ1) is 8.06. The van der Waals surface area contributed by atoms with E-state index in [0.717, 1.165) is 0 Å². The van der Waals surface area contributed by atoms with Crippen LogP contribution in [0.2, 0.25) is 5.02 Å². The first-order valence-electron chi connectivity index (χ1n) is 4.47. The molecule has 17 heavy (non-hydrogen) atoms. The van der Waals surface area contributed by atoms with Gasteiger partial charge >= 0.3 is 0 Å². The van der Waals surface area contributed by atoms with E-state index in [1.54, 1.807) is 0 Å². The van der Waals surface area contributed by atoms with E-state index in [1.165, 1.54) is 24.4 Å².